The van der Waals surface area contributed by atoms with Gasteiger partial charge in [-0.05, 0) is 27.2 Å². The van der Waals surface area contributed by atoms with Crippen LogP contribution in [-0.2, 0) is 4.74 Å². The van der Waals surface area contributed by atoms with E-state index in [1.807, 2.05) is 13.8 Å². The third-order valence-electron chi connectivity index (χ3n) is 3.59. The van der Waals surface area contributed by atoms with Gasteiger partial charge in [0.25, 0.3) is 5.91 Å². The van der Waals surface area contributed by atoms with Crippen LogP contribution in [0, 0.1) is 6.92 Å². The van der Waals surface area contributed by atoms with Gasteiger partial charge in [-0.1, -0.05) is 0 Å². The van der Waals surface area contributed by atoms with E-state index in [9.17, 15) is 9.59 Å². The molecule has 0 bridgehead atoms. The van der Waals surface area contributed by atoms with E-state index in [2.05, 4.69) is 10.3 Å². The summed E-state index contributed by atoms with van der Waals surface area (Å²) in [6, 6.07) is 1.42. The zero-order valence-corrected chi connectivity index (χ0v) is 10.9. The first-order chi connectivity index (χ1) is 8.42. The topological polar surface area (TPSA) is 71.2 Å². The van der Waals surface area contributed by atoms with Gasteiger partial charge in [-0.3, -0.25) is 9.59 Å². The number of carbonyl (C=O) groups excluding carboxylic acids is 1. The molecular formula is C13H18N2O3. The van der Waals surface area contributed by atoms with Crippen molar-refractivity contribution in [2.45, 2.75) is 38.8 Å². The van der Waals surface area contributed by atoms with Crippen LogP contribution in [0.3, 0.4) is 0 Å². The standard InChI is InChI=1S/C13H18N2O3/c1-8-6-11(16)10(7-14-8)12(17)15-13(3)4-5-18-9(13)2/h6-7,9H,4-5H2,1-3H3,(H,14,16)(H,15,17). The molecule has 2 atom stereocenters. The van der Waals surface area contributed by atoms with Crippen molar-refractivity contribution in [1.82, 2.24) is 10.3 Å². The predicted molar refractivity (Wildman–Crippen MR) is 67.7 cm³/mol. The molecule has 98 valence electrons. The second-order valence-corrected chi connectivity index (χ2v) is 5.03. The molecule has 0 aromatic carbocycles. The Hall–Kier alpha value is -1.62. The largest absolute Gasteiger partial charge is 0.376 e. The summed E-state index contributed by atoms with van der Waals surface area (Å²) >= 11 is 0. The number of pyridine rings is 1. The Morgan fingerprint density at radius 3 is 2.89 bits per heavy atom. The number of aryl methyl sites for hydroxylation is 1. The lowest BCUT2D eigenvalue weighted by molar-refractivity contribution is 0.0726. The summed E-state index contributed by atoms with van der Waals surface area (Å²) in [6.07, 6.45) is 2.16. The molecule has 5 nitrogen and oxygen atoms in total. The van der Waals surface area contributed by atoms with Gasteiger partial charge in [0.15, 0.2) is 5.43 Å². The highest BCUT2D eigenvalue weighted by Gasteiger charge is 2.38. The van der Waals surface area contributed by atoms with Crippen molar-refractivity contribution in [2.75, 3.05) is 6.61 Å². The van der Waals surface area contributed by atoms with E-state index in [1.54, 1.807) is 6.92 Å². The Labute approximate surface area is 106 Å². The molecule has 1 amide bonds. The molecule has 0 aliphatic carbocycles. The van der Waals surface area contributed by atoms with E-state index >= 15 is 0 Å². The van der Waals surface area contributed by atoms with Gasteiger partial charge in [-0.15, -0.1) is 0 Å². The van der Waals surface area contributed by atoms with Crippen molar-refractivity contribution in [3.05, 3.63) is 33.7 Å². The third kappa shape index (κ3) is 2.31. The third-order valence-corrected chi connectivity index (χ3v) is 3.59. The quantitative estimate of drug-likeness (QED) is 0.822. The Kier molecular flexibility index (Phi) is 3.26. The van der Waals surface area contributed by atoms with Crippen molar-refractivity contribution in [3.8, 4) is 0 Å². The first-order valence-electron chi connectivity index (χ1n) is 6.06. The van der Waals surface area contributed by atoms with E-state index in [0.717, 1.165) is 12.1 Å². The summed E-state index contributed by atoms with van der Waals surface area (Å²) in [7, 11) is 0. The maximum Gasteiger partial charge on any atom is 0.257 e. The molecular weight excluding hydrogens is 232 g/mol. The van der Waals surface area contributed by atoms with Gasteiger partial charge in [0.1, 0.15) is 5.56 Å². The summed E-state index contributed by atoms with van der Waals surface area (Å²) in [6.45, 7) is 6.26. The van der Waals surface area contributed by atoms with Crippen LogP contribution in [-0.4, -0.2) is 29.1 Å². The van der Waals surface area contributed by atoms with Crippen molar-refractivity contribution >= 4 is 5.91 Å². The Morgan fingerprint density at radius 1 is 1.61 bits per heavy atom. The van der Waals surface area contributed by atoms with Crippen LogP contribution >= 0.6 is 0 Å². The monoisotopic (exact) mass is 250 g/mol. The molecule has 5 heteroatoms. The molecule has 1 fully saturated rings. The molecule has 1 saturated heterocycles. The number of hydrogen-bond acceptors (Lipinski definition) is 3. The highest BCUT2D eigenvalue weighted by Crippen LogP contribution is 2.25. The van der Waals surface area contributed by atoms with Crippen molar-refractivity contribution < 1.29 is 9.53 Å². The van der Waals surface area contributed by atoms with Crippen LogP contribution < -0.4 is 10.7 Å². The van der Waals surface area contributed by atoms with Gasteiger partial charge >= 0.3 is 0 Å². The van der Waals surface area contributed by atoms with Crippen molar-refractivity contribution in [3.63, 3.8) is 0 Å². The summed E-state index contributed by atoms with van der Waals surface area (Å²) in [4.78, 5) is 26.7. The maximum absolute atomic E-state index is 12.1. The minimum Gasteiger partial charge on any atom is -0.376 e. The van der Waals surface area contributed by atoms with E-state index < -0.39 is 5.54 Å². The van der Waals surface area contributed by atoms with Gasteiger partial charge in [-0.2, -0.15) is 0 Å². The Balaban J connectivity index is 2.20. The van der Waals surface area contributed by atoms with Gasteiger partial charge < -0.3 is 15.0 Å². The summed E-state index contributed by atoms with van der Waals surface area (Å²) in [5.41, 5.74) is 0.203. The minimum atomic E-state index is -0.408. The number of hydrogen-bond donors (Lipinski definition) is 2. The van der Waals surface area contributed by atoms with Crippen LogP contribution in [0.5, 0.6) is 0 Å². The Morgan fingerprint density at radius 2 is 2.33 bits per heavy atom. The van der Waals surface area contributed by atoms with Gasteiger partial charge in [0.05, 0.1) is 11.6 Å². The lowest BCUT2D eigenvalue weighted by Crippen LogP contribution is -2.51. The maximum atomic E-state index is 12.1. The number of aromatic nitrogens is 1. The van der Waals surface area contributed by atoms with Gasteiger partial charge in [0, 0.05) is 24.6 Å². The fourth-order valence-electron chi connectivity index (χ4n) is 2.08. The number of H-pyrrole nitrogens is 1. The van der Waals surface area contributed by atoms with E-state index in [1.165, 1.54) is 12.3 Å². The molecule has 2 rings (SSSR count). The number of rotatable bonds is 2. The lowest BCUT2D eigenvalue weighted by atomic mass is 9.94. The lowest BCUT2D eigenvalue weighted by Gasteiger charge is -2.28. The Bertz CT molecular complexity index is 523. The molecule has 0 saturated carbocycles. The molecule has 0 spiro atoms. The summed E-state index contributed by atoms with van der Waals surface area (Å²) in [5, 5.41) is 2.90. The molecule has 2 heterocycles. The fraction of sp³-hybridized carbons (Fsp3) is 0.538. The predicted octanol–water partition coefficient (Wildman–Crippen LogP) is 0.981. The second-order valence-electron chi connectivity index (χ2n) is 5.03. The summed E-state index contributed by atoms with van der Waals surface area (Å²) in [5.74, 6) is -0.351. The van der Waals surface area contributed by atoms with E-state index in [4.69, 9.17) is 4.74 Å². The van der Waals surface area contributed by atoms with Crippen LogP contribution in [0.25, 0.3) is 0 Å². The summed E-state index contributed by atoms with van der Waals surface area (Å²) < 4.78 is 5.45. The smallest absolute Gasteiger partial charge is 0.257 e. The molecule has 1 aromatic rings. The van der Waals surface area contributed by atoms with E-state index in [0.29, 0.717) is 6.61 Å². The number of amides is 1. The highest BCUT2D eigenvalue weighted by molar-refractivity contribution is 5.94. The number of aromatic amines is 1. The molecule has 0 radical (unpaired) electrons. The number of ether oxygens (including phenoxy) is 1. The van der Waals surface area contributed by atoms with Gasteiger partial charge in [-0.25, -0.2) is 0 Å². The van der Waals surface area contributed by atoms with Crippen LogP contribution in [0.1, 0.15) is 36.3 Å². The van der Waals surface area contributed by atoms with Crippen LogP contribution in [0.2, 0.25) is 0 Å². The SMILES string of the molecule is Cc1cc(=O)c(C(=O)NC2(C)CCOC2C)c[nH]1. The normalized spacial score (nSPS) is 27.2. The number of nitrogens with one attached hydrogen (secondary N) is 2. The minimum absolute atomic E-state index is 0.0500. The first-order valence-corrected chi connectivity index (χ1v) is 6.06. The molecule has 1 aliphatic rings. The molecule has 2 N–H and O–H groups in total. The van der Waals surface area contributed by atoms with Gasteiger partial charge in [0.2, 0.25) is 0 Å². The average molecular weight is 250 g/mol. The van der Waals surface area contributed by atoms with Crippen LogP contribution in [0.4, 0.5) is 0 Å². The molecule has 18 heavy (non-hydrogen) atoms. The zero-order chi connectivity index (χ0) is 13.3. The van der Waals surface area contributed by atoms with Crippen LogP contribution in [0.15, 0.2) is 17.1 Å². The second kappa shape index (κ2) is 4.57. The zero-order valence-electron chi connectivity index (χ0n) is 10.9. The van der Waals surface area contributed by atoms with E-state index in [-0.39, 0.29) is 23.0 Å². The van der Waals surface area contributed by atoms with Crippen molar-refractivity contribution in [1.29, 1.82) is 0 Å². The fourth-order valence-corrected chi connectivity index (χ4v) is 2.08. The average Bonchev–Trinajstić information content (AvgIpc) is 2.58. The molecule has 2 unspecified atom stereocenters. The van der Waals surface area contributed by atoms with Crippen molar-refractivity contribution in [2.24, 2.45) is 0 Å². The molecule has 1 aliphatic heterocycles. The highest BCUT2D eigenvalue weighted by atomic mass is 16.5. The number of carbonyl (C=O) groups is 1. The first kappa shape index (κ1) is 12.8. The molecule has 1 aromatic heterocycles.